The Bertz CT molecular complexity index is 612. The molecule has 6 N–H and O–H groups in total. The molecule has 0 fully saturated rings. The van der Waals surface area contributed by atoms with Crippen molar-refractivity contribution in [1.29, 1.82) is 0 Å². The van der Waals surface area contributed by atoms with E-state index >= 15 is 0 Å². The van der Waals surface area contributed by atoms with Crippen LogP contribution in [0.1, 0.15) is 45.7 Å². The highest BCUT2D eigenvalue weighted by Gasteiger charge is 2.28. The second-order valence-corrected chi connectivity index (χ2v) is 7.16. The van der Waals surface area contributed by atoms with Crippen LogP contribution in [0, 0.1) is 0 Å². The number of carboxylic acid groups (broad SMARTS) is 1. The third kappa shape index (κ3) is 9.04. The lowest BCUT2D eigenvalue weighted by atomic mass is 10.1. The van der Waals surface area contributed by atoms with Crippen LogP contribution in [0.2, 0.25) is 0 Å². The van der Waals surface area contributed by atoms with Gasteiger partial charge in [-0.3, -0.25) is 4.79 Å². The summed E-state index contributed by atoms with van der Waals surface area (Å²) in [7, 11) is 0. The lowest BCUT2D eigenvalue weighted by molar-refractivity contribution is -0.142. The van der Waals surface area contributed by atoms with Gasteiger partial charge in [0.1, 0.15) is 17.7 Å². The first-order valence-electron chi connectivity index (χ1n) is 8.82. The van der Waals surface area contributed by atoms with Gasteiger partial charge in [0, 0.05) is 18.3 Å². The van der Waals surface area contributed by atoms with E-state index in [1.807, 2.05) is 0 Å². The molecule has 152 valence electrons. The van der Waals surface area contributed by atoms with Gasteiger partial charge in [-0.05, 0) is 46.6 Å². The number of carboxylic acids is 1. The maximum Gasteiger partial charge on any atom is 0.408 e. The summed E-state index contributed by atoms with van der Waals surface area (Å²) in [4.78, 5) is 42.8. The fraction of sp³-hybridized carbons (Fsp3) is 0.647. The second kappa shape index (κ2) is 10.5. The summed E-state index contributed by atoms with van der Waals surface area (Å²) < 4.78 is 5.18. The molecular formula is C17H29N5O5. The number of H-pyrrole nitrogens is 1. The average molecular weight is 383 g/mol. The van der Waals surface area contributed by atoms with E-state index in [4.69, 9.17) is 10.5 Å². The molecule has 1 rings (SSSR count). The molecule has 2 amide bonds. The van der Waals surface area contributed by atoms with Crippen molar-refractivity contribution in [3.63, 3.8) is 0 Å². The molecule has 0 aliphatic heterocycles. The number of hydrogen-bond donors (Lipinski definition) is 5. The smallest absolute Gasteiger partial charge is 0.408 e. The first kappa shape index (κ1) is 22.4. The number of nitrogens with two attached hydrogens (primary N) is 1. The monoisotopic (exact) mass is 383 g/mol. The highest BCUT2D eigenvalue weighted by Crippen LogP contribution is 2.08. The standard InChI is InChI=1S/C17H29N5O5/c1-17(2,3)27-16(26)22-13(8-11-9-19-10-20-11)14(23)21-12(15(24)25)6-4-5-7-18/h9-10,12-13H,4-8,18H2,1-3H3,(H,19,20)(H,21,23)(H,22,26)(H,24,25)/t12-,13-/m0/s1. The Labute approximate surface area is 158 Å². The van der Waals surface area contributed by atoms with Gasteiger partial charge in [-0.15, -0.1) is 0 Å². The van der Waals surface area contributed by atoms with Crippen LogP contribution < -0.4 is 16.4 Å². The highest BCUT2D eigenvalue weighted by atomic mass is 16.6. The zero-order valence-electron chi connectivity index (χ0n) is 15.9. The SMILES string of the molecule is CC(C)(C)OC(=O)N[C@@H](Cc1cnc[nH]1)C(=O)N[C@@H](CCCCN)C(=O)O. The minimum absolute atomic E-state index is 0.111. The first-order chi connectivity index (χ1) is 12.6. The topological polar surface area (TPSA) is 159 Å². The molecule has 10 heteroatoms. The number of nitrogens with one attached hydrogen (secondary N) is 3. The molecule has 0 bridgehead atoms. The molecular weight excluding hydrogens is 354 g/mol. The molecule has 10 nitrogen and oxygen atoms in total. The van der Waals surface area contributed by atoms with Gasteiger partial charge < -0.3 is 31.2 Å². The minimum Gasteiger partial charge on any atom is -0.480 e. The normalized spacial score (nSPS) is 13.5. The van der Waals surface area contributed by atoms with Crippen molar-refractivity contribution in [1.82, 2.24) is 20.6 Å². The maximum atomic E-state index is 12.6. The largest absolute Gasteiger partial charge is 0.480 e. The number of carbonyl (C=O) groups is 3. The lowest BCUT2D eigenvalue weighted by Crippen LogP contribution is -2.53. The third-order valence-electron chi connectivity index (χ3n) is 3.55. The second-order valence-electron chi connectivity index (χ2n) is 7.16. The predicted octanol–water partition coefficient (Wildman–Crippen LogP) is 0.544. The summed E-state index contributed by atoms with van der Waals surface area (Å²) in [5, 5.41) is 14.3. The van der Waals surface area contributed by atoms with Gasteiger partial charge in [-0.2, -0.15) is 0 Å². The molecule has 1 heterocycles. The number of aromatic nitrogens is 2. The molecule has 0 unspecified atom stereocenters. The fourth-order valence-electron chi connectivity index (χ4n) is 2.30. The van der Waals surface area contributed by atoms with Gasteiger partial charge in [0.05, 0.1) is 6.33 Å². The first-order valence-corrected chi connectivity index (χ1v) is 8.82. The number of hydrogen-bond acceptors (Lipinski definition) is 6. The average Bonchev–Trinajstić information content (AvgIpc) is 3.04. The van der Waals surface area contributed by atoms with E-state index in [0.717, 1.165) is 0 Å². The number of aromatic amines is 1. The number of carbonyl (C=O) groups excluding carboxylic acids is 2. The molecule has 0 aliphatic carbocycles. The summed E-state index contributed by atoms with van der Waals surface area (Å²) in [5.74, 6) is -1.76. The molecule has 0 saturated carbocycles. The number of ether oxygens (including phenoxy) is 1. The summed E-state index contributed by atoms with van der Waals surface area (Å²) in [6.07, 6.45) is 3.79. The van der Waals surface area contributed by atoms with Crippen molar-refractivity contribution in [3.05, 3.63) is 18.2 Å². The van der Waals surface area contributed by atoms with Crippen LogP contribution in [0.25, 0.3) is 0 Å². The van der Waals surface area contributed by atoms with Gasteiger partial charge in [-0.25, -0.2) is 14.6 Å². The Morgan fingerprint density at radius 1 is 1.26 bits per heavy atom. The van der Waals surface area contributed by atoms with Crippen molar-refractivity contribution >= 4 is 18.0 Å². The Hall–Kier alpha value is -2.62. The van der Waals surface area contributed by atoms with Gasteiger partial charge in [0.15, 0.2) is 0 Å². The van der Waals surface area contributed by atoms with Crippen LogP contribution in [0.4, 0.5) is 4.79 Å². The van der Waals surface area contributed by atoms with Crippen molar-refractivity contribution in [2.45, 2.75) is 64.1 Å². The molecule has 0 spiro atoms. The Balaban J connectivity index is 2.81. The van der Waals surface area contributed by atoms with Crippen molar-refractivity contribution in [2.75, 3.05) is 6.54 Å². The number of alkyl carbamates (subject to hydrolysis) is 1. The Morgan fingerprint density at radius 3 is 2.48 bits per heavy atom. The van der Waals surface area contributed by atoms with Crippen molar-refractivity contribution in [3.8, 4) is 0 Å². The van der Waals surface area contributed by atoms with Crippen LogP contribution in [-0.4, -0.2) is 57.3 Å². The predicted molar refractivity (Wildman–Crippen MR) is 97.9 cm³/mol. The summed E-state index contributed by atoms with van der Waals surface area (Å²) in [5.41, 5.74) is 5.30. The number of unbranched alkanes of at least 4 members (excludes halogenated alkanes) is 1. The minimum atomic E-state index is -1.14. The van der Waals surface area contributed by atoms with Crippen LogP contribution in [0.3, 0.4) is 0 Å². The van der Waals surface area contributed by atoms with Gasteiger partial charge in [-0.1, -0.05) is 0 Å². The zero-order valence-corrected chi connectivity index (χ0v) is 15.9. The number of amides is 2. The van der Waals surface area contributed by atoms with Crippen molar-refractivity contribution < 1.29 is 24.2 Å². The molecule has 0 aliphatic rings. The van der Waals surface area contributed by atoms with E-state index < -0.39 is 35.7 Å². The van der Waals surface area contributed by atoms with E-state index in [1.165, 1.54) is 12.5 Å². The Morgan fingerprint density at radius 2 is 1.96 bits per heavy atom. The van der Waals surface area contributed by atoms with Crippen LogP contribution >= 0.6 is 0 Å². The zero-order chi connectivity index (χ0) is 20.4. The lowest BCUT2D eigenvalue weighted by Gasteiger charge is -2.24. The molecule has 0 saturated heterocycles. The molecule has 27 heavy (non-hydrogen) atoms. The van der Waals surface area contributed by atoms with Crippen LogP contribution in [0.15, 0.2) is 12.5 Å². The van der Waals surface area contributed by atoms with E-state index in [2.05, 4.69) is 20.6 Å². The van der Waals surface area contributed by atoms with Gasteiger partial charge in [0.2, 0.25) is 5.91 Å². The van der Waals surface area contributed by atoms with E-state index in [9.17, 15) is 19.5 Å². The van der Waals surface area contributed by atoms with Gasteiger partial charge in [0.25, 0.3) is 0 Å². The van der Waals surface area contributed by atoms with Crippen LogP contribution in [0.5, 0.6) is 0 Å². The summed E-state index contributed by atoms with van der Waals surface area (Å²) in [6, 6.07) is -2.08. The summed E-state index contributed by atoms with van der Waals surface area (Å²) in [6.45, 7) is 5.56. The fourth-order valence-corrected chi connectivity index (χ4v) is 2.30. The van der Waals surface area contributed by atoms with E-state index in [-0.39, 0.29) is 12.8 Å². The number of rotatable bonds is 10. The number of imidazole rings is 1. The molecule has 2 atom stereocenters. The summed E-state index contributed by atoms with van der Waals surface area (Å²) >= 11 is 0. The van der Waals surface area contributed by atoms with Crippen LogP contribution in [-0.2, 0) is 20.7 Å². The van der Waals surface area contributed by atoms with E-state index in [1.54, 1.807) is 20.8 Å². The maximum absolute atomic E-state index is 12.6. The quantitative estimate of drug-likeness (QED) is 0.369. The highest BCUT2D eigenvalue weighted by molar-refractivity contribution is 5.89. The van der Waals surface area contributed by atoms with Gasteiger partial charge >= 0.3 is 12.1 Å². The van der Waals surface area contributed by atoms with E-state index in [0.29, 0.717) is 25.1 Å². The number of aliphatic carboxylic acids is 1. The Kier molecular flexibility index (Phi) is 8.73. The molecule has 1 aromatic heterocycles. The molecule has 0 radical (unpaired) electrons. The third-order valence-corrected chi connectivity index (χ3v) is 3.55. The number of nitrogens with zero attached hydrogens (tertiary/aromatic N) is 1. The molecule has 1 aromatic rings. The molecule has 0 aromatic carbocycles. The van der Waals surface area contributed by atoms with Crippen molar-refractivity contribution in [2.24, 2.45) is 5.73 Å².